The molecule has 1 heterocycles. The van der Waals surface area contributed by atoms with Gasteiger partial charge in [-0.25, -0.2) is 0 Å². The SMILES string of the molecule is N#CC1(C(=O)NCC2CCC2)COC1. The molecule has 0 aromatic carbocycles. The molecule has 1 aliphatic heterocycles. The molecule has 0 spiro atoms. The Hall–Kier alpha value is -1.08. The normalized spacial score (nSPS) is 24.2. The third-order valence-electron chi connectivity index (χ3n) is 3.12. The van der Waals surface area contributed by atoms with Gasteiger partial charge >= 0.3 is 0 Å². The van der Waals surface area contributed by atoms with Crippen LogP contribution in [0, 0.1) is 22.7 Å². The fraction of sp³-hybridized carbons (Fsp3) is 0.800. The average molecular weight is 194 g/mol. The van der Waals surface area contributed by atoms with Crippen molar-refractivity contribution in [2.75, 3.05) is 19.8 Å². The van der Waals surface area contributed by atoms with Gasteiger partial charge < -0.3 is 10.1 Å². The second-order valence-electron chi connectivity index (χ2n) is 4.19. The molecule has 0 atom stereocenters. The maximum atomic E-state index is 11.6. The Balaban J connectivity index is 1.79. The number of rotatable bonds is 3. The summed E-state index contributed by atoms with van der Waals surface area (Å²) in [4.78, 5) is 11.6. The van der Waals surface area contributed by atoms with Gasteiger partial charge in [0.2, 0.25) is 5.91 Å². The Bertz CT molecular complexity index is 274. The van der Waals surface area contributed by atoms with Crippen molar-refractivity contribution in [1.82, 2.24) is 5.32 Å². The van der Waals surface area contributed by atoms with Crippen LogP contribution in [0.3, 0.4) is 0 Å². The van der Waals surface area contributed by atoms with E-state index >= 15 is 0 Å². The Morgan fingerprint density at radius 1 is 1.57 bits per heavy atom. The summed E-state index contributed by atoms with van der Waals surface area (Å²) in [6.45, 7) is 1.22. The van der Waals surface area contributed by atoms with Crippen molar-refractivity contribution in [2.45, 2.75) is 19.3 Å². The van der Waals surface area contributed by atoms with Crippen LogP contribution < -0.4 is 5.32 Å². The van der Waals surface area contributed by atoms with Crippen LogP contribution in [0.1, 0.15) is 19.3 Å². The van der Waals surface area contributed by atoms with E-state index in [1.165, 1.54) is 19.3 Å². The average Bonchev–Trinajstić information content (AvgIpc) is 2.00. The third-order valence-corrected chi connectivity index (χ3v) is 3.12. The predicted molar refractivity (Wildman–Crippen MR) is 49.2 cm³/mol. The Labute approximate surface area is 83.2 Å². The highest BCUT2D eigenvalue weighted by molar-refractivity contribution is 5.86. The summed E-state index contributed by atoms with van der Waals surface area (Å²) < 4.78 is 4.91. The summed E-state index contributed by atoms with van der Waals surface area (Å²) in [6.07, 6.45) is 3.68. The maximum Gasteiger partial charge on any atom is 0.245 e. The van der Waals surface area contributed by atoms with Crippen molar-refractivity contribution in [3.05, 3.63) is 0 Å². The fourth-order valence-electron chi connectivity index (χ4n) is 1.66. The van der Waals surface area contributed by atoms with Gasteiger partial charge in [0, 0.05) is 6.54 Å². The van der Waals surface area contributed by atoms with E-state index in [0.29, 0.717) is 5.92 Å². The quantitative estimate of drug-likeness (QED) is 0.709. The second kappa shape index (κ2) is 3.58. The lowest BCUT2D eigenvalue weighted by Crippen LogP contribution is -2.54. The molecule has 1 aliphatic carbocycles. The Morgan fingerprint density at radius 2 is 2.29 bits per heavy atom. The number of hydrogen-bond acceptors (Lipinski definition) is 3. The molecule has 1 N–H and O–H groups in total. The van der Waals surface area contributed by atoms with Crippen molar-refractivity contribution in [3.63, 3.8) is 0 Å². The highest BCUT2D eigenvalue weighted by Gasteiger charge is 2.46. The van der Waals surface area contributed by atoms with Crippen molar-refractivity contribution >= 4 is 5.91 Å². The van der Waals surface area contributed by atoms with E-state index < -0.39 is 5.41 Å². The van der Waals surface area contributed by atoms with Crippen LogP contribution in [0.15, 0.2) is 0 Å². The van der Waals surface area contributed by atoms with Gasteiger partial charge in [-0.05, 0) is 18.8 Å². The van der Waals surface area contributed by atoms with E-state index in [2.05, 4.69) is 5.32 Å². The number of nitrogens with one attached hydrogen (secondary N) is 1. The van der Waals surface area contributed by atoms with Crippen molar-refractivity contribution < 1.29 is 9.53 Å². The molecule has 2 fully saturated rings. The van der Waals surface area contributed by atoms with E-state index in [4.69, 9.17) is 10.00 Å². The van der Waals surface area contributed by atoms with Crippen molar-refractivity contribution in [2.24, 2.45) is 11.3 Å². The first-order chi connectivity index (χ1) is 6.77. The van der Waals surface area contributed by atoms with Crippen molar-refractivity contribution in [3.8, 4) is 6.07 Å². The van der Waals surface area contributed by atoms with Crippen LogP contribution in [-0.2, 0) is 9.53 Å². The number of amides is 1. The first kappa shape index (κ1) is 9.47. The molecule has 0 unspecified atom stereocenters. The van der Waals surface area contributed by atoms with Gasteiger partial charge in [0.25, 0.3) is 0 Å². The summed E-state index contributed by atoms with van der Waals surface area (Å²) in [5, 5.41) is 11.7. The van der Waals surface area contributed by atoms with Gasteiger partial charge in [-0.3, -0.25) is 4.79 Å². The van der Waals surface area contributed by atoms with Gasteiger partial charge in [-0.2, -0.15) is 5.26 Å². The molecule has 14 heavy (non-hydrogen) atoms. The minimum absolute atomic E-state index is 0.154. The topological polar surface area (TPSA) is 62.1 Å². The van der Waals surface area contributed by atoms with Gasteiger partial charge in [0.05, 0.1) is 19.3 Å². The largest absolute Gasteiger partial charge is 0.377 e. The molecule has 4 heteroatoms. The van der Waals surface area contributed by atoms with E-state index in [1.54, 1.807) is 0 Å². The lowest BCUT2D eigenvalue weighted by Gasteiger charge is -2.34. The highest BCUT2D eigenvalue weighted by atomic mass is 16.5. The maximum absolute atomic E-state index is 11.6. The molecule has 1 saturated heterocycles. The Kier molecular flexibility index (Phi) is 2.42. The van der Waals surface area contributed by atoms with Gasteiger partial charge in [-0.1, -0.05) is 6.42 Å². The molecule has 0 bridgehead atoms. The van der Waals surface area contributed by atoms with Crippen LogP contribution in [0.25, 0.3) is 0 Å². The summed E-state index contributed by atoms with van der Waals surface area (Å²) in [5.74, 6) is 0.480. The first-order valence-electron chi connectivity index (χ1n) is 5.04. The molecular formula is C10H14N2O2. The zero-order valence-electron chi connectivity index (χ0n) is 8.08. The number of carbonyl (C=O) groups excluding carboxylic acids is 1. The predicted octanol–water partition coefficient (Wildman–Crippen LogP) is 0.443. The van der Waals surface area contributed by atoms with E-state index in [1.807, 2.05) is 6.07 Å². The van der Waals surface area contributed by atoms with E-state index in [9.17, 15) is 4.79 Å². The van der Waals surface area contributed by atoms with Crippen molar-refractivity contribution in [1.29, 1.82) is 5.26 Å². The molecule has 0 aromatic heterocycles. The van der Waals surface area contributed by atoms with E-state index in [0.717, 1.165) is 6.54 Å². The minimum atomic E-state index is -0.885. The van der Waals surface area contributed by atoms with Crippen LogP contribution in [-0.4, -0.2) is 25.7 Å². The lowest BCUT2D eigenvalue weighted by molar-refractivity contribution is -0.150. The molecule has 4 nitrogen and oxygen atoms in total. The number of nitriles is 1. The fourth-order valence-corrected chi connectivity index (χ4v) is 1.66. The first-order valence-corrected chi connectivity index (χ1v) is 5.04. The molecule has 1 saturated carbocycles. The molecule has 0 aromatic rings. The minimum Gasteiger partial charge on any atom is -0.377 e. The zero-order valence-corrected chi connectivity index (χ0v) is 8.08. The van der Waals surface area contributed by atoms with Crippen LogP contribution in [0.4, 0.5) is 0 Å². The zero-order chi connectivity index (χ0) is 10.0. The van der Waals surface area contributed by atoms with Gasteiger partial charge in [0.15, 0.2) is 5.41 Å². The molecule has 76 valence electrons. The molecule has 1 amide bonds. The number of carbonyl (C=O) groups is 1. The van der Waals surface area contributed by atoms with Gasteiger partial charge in [0.1, 0.15) is 0 Å². The number of hydrogen-bond donors (Lipinski definition) is 1. The summed E-state index contributed by atoms with van der Waals surface area (Å²) in [5.41, 5.74) is -0.885. The lowest BCUT2D eigenvalue weighted by atomic mass is 9.84. The molecule has 2 aliphatic rings. The summed E-state index contributed by atoms with van der Waals surface area (Å²) in [7, 11) is 0. The Morgan fingerprint density at radius 3 is 2.64 bits per heavy atom. The number of ether oxygens (including phenoxy) is 1. The smallest absolute Gasteiger partial charge is 0.245 e. The molecule has 2 rings (SSSR count). The molecular weight excluding hydrogens is 180 g/mol. The van der Waals surface area contributed by atoms with Crippen LogP contribution >= 0.6 is 0 Å². The third kappa shape index (κ3) is 1.48. The van der Waals surface area contributed by atoms with Gasteiger partial charge in [-0.15, -0.1) is 0 Å². The molecule has 0 radical (unpaired) electrons. The summed E-state index contributed by atoms with van der Waals surface area (Å²) >= 11 is 0. The monoisotopic (exact) mass is 194 g/mol. The highest BCUT2D eigenvalue weighted by Crippen LogP contribution is 2.28. The second-order valence-corrected chi connectivity index (χ2v) is 4.19. The van der Waals surface area contributed by atoms with Crippen LogP contribution in [0.2, 0.25) is 0 Å². The summed E-state index contributed by atoms with van der Waals surface area (Å²) in [6, 6.07) is 2.04. The standard InChI is InChI=1S/C10H14N2O2/c11-5-10(6-14-7-10)9(13)12-4-8-2-1-3-8/h8H,1-4,6-7H2,(H,12,13). The number of nitrogens with zero attached hydrogens (tertiary/aromatic N) is 1. The van der Waals surface area contributed by atoms with Crippen LogP contribution in [0.5, 0.6) is 0 Å². The van der Waals surface area contributed by atoms with E-state index in [-0.39, 0.29) is 19.1 Å².